The molecule has 1 heterocycles. The largest absolute Gasteiger partial charge is 0.479 e. The molecule has 2 aromatic rings. The topological polar surface area (TPSA) is 57.9 Å². The van der Waals surface area contributed by atoms with Gasteiger partial charge in [0.15, 0.2) is 6.61 Å². The Morgan fingerprint density at radius 3 is 2.74 bits per heavy atom. The first-order chi connectivity index (χ1) is 9.29. The molecule has 0 saturated heterocycles. The van der Waals surface area contributed by atoms with Gasteiger partial charge in [-0.2, -0.15) is 5.26 Å². The predicted molar refractivity (Wildman–Crippen MR) is 73.8 cm³/mol. The van der Waals surface area contributed by atoms with Gasteiger partial charge in [0.2, 0.25) is 0 Å². The monoisotopic (exact) mass is 253 g/mol. The van der Waals surface area contributed by atoms with Crippen molar-refractivity contribution in [2.75, 3.05) is 11.9 Å². The summed E-state index contributed by atoms with van der Waals surface area (Å²) in [6.45, 7) is 2.15. The lowest BCUT2D eigenvalue weighted by atomic mass is 10.1. The van der Waals surface area contributed by atoms with E-state index in [4.69, 9.17) is 10.00 Å². The van der Waals surface area contributed by atoms with E-state index in [1.807, 2.05) is 48.7 Å². The van der Waals surface area contributed by atoms with E-state index >= 15 is 0 Å². The summed E-state index contributed by atoms with van der Waals surface area (Å²) in [5, 5.41) is 11.8. The van der Waals surface area contributed by atoms with Gasteiger partial charge >= 0.3 is 0 Å². The lowest BCUT2D eigenvalue weighted by molar-refractivity contribution is 0.368. The molecule has 0 bridgehead atoms. The molecule has 1 aromatic heterocycles. The van der Waals surface area contributed by atoms with Gasteiger partial charge in [-0.05, 0) is 42.8 Å². The van der Waals surface area contributed by atoms with Crippen molar-refractivity contribution in [3.8, 4) is 11.8 Å². The van der Waals surface area contributed by atoms with Crippen molar-refractivity contribution in [2.24, 2.45) is 0 Å². The molecule has 1 atom stereocenters. The number of hydrogen-bond donors (Lipinski definition) is 1. The highest BCUT2D eigenvalue weighted by atomic mass is 16.5. The highest BCUT2D eigenvalue weighted by molar-refractivity contribution is 5.48. The quantitative estimate of drug-likeness (QED) is 0.889. The first kappa shape index (κ1) is 12.9. The maximum absolute atomic E-state index is 8.43. The zero-order valence-electron chi connectivity index (χ0n) is 10.7. The Hall–Kier alpha value is -2.54. The van der Waals surface area contributed by atoms with Gasteiger partial charge in [0.05, 0.1) is 6.04 Å². The Bertz CT molecular complexity index is 546. The average Bonchev–Trinajstić information content (AvgIpc) is 2.47. The van der Waals surface area contributed by atoms with E-state index in [1.54, 1.807) is 6.20 Å². The Labute approximate surface area is 112 Å². The van der Waals surface area contributed by atoms with Gasteiger partial charge in [-0.15, -0.1) is 0 Å². The molecule has 0 aliphatic carbocycles. The third kappa shape index (κ3) is 3.71. The molecule has 0 radical (unpaired) electrons. The number of rotatable bonds is 5. The van der Waals surface area contributed by atoms with Crippen molar-refractivity contribution in [1.29, 1.82) is 5.26 Å². The number of nitriles is 1. The Kier molecular flexibility index (Phi) is 4.35. The molecule has 2 rings (SSSR count). The van der Waals surface area contributed by atoms with Crippen LogP contribution in [-0.4, -0.2) is 11.6 Å². The van der Waals surface area contributed by atoms with Crippen molar-refractivity contribution in [1.82, 2.24) is 4.98 Å². The summed E-state index contributed by atoms with van der Waals surface area (Å²) < 4.78 is 5.20. The first-order valence-electron chi connectivity index (χ1n) is 6.06. The van der Waals surface area contributed by atoms with Crippen LogP contribution in [0.15, 0.2) is 48.8 Å². The standard InChI is InChI=1S/C15H15N3O/c1-12(13-3-2-9-17-11-13)18-14-4-6-15(7-5-14)19-10-8-16/h2-7,9,11-12,18H,10H2,1H3. The minimum atomic E-state index is 0.0683. The number of aromatic nitrogens is 1. The molecule has 4 nitrogen and oxygen atoms in total. The number of nitrogens with zero attached hydrogens (tertiary/aromatic N) is 2. The van der Waals surface area contributed by atoms with Crippen LogP contribution in [0.3, 0.4) is 0 Å². The van der Waals surface area contributed by atoms with Gasteiger partial charge in [0.1, 0.15) is 11.8 Å². The second-order valence-electron chi connectivity index (χ2n) is 4.12. The van der Waals surface area contributed by atoms with Gasteiger partial charge < -0.3 is 10.1 Å². The van der Waals surface area contributed by atoms with Crippen LogP contribution in [0.1, 0.15) is 18.5 Å². The van der Waals surface area contributed by atoms with E-state index in [2.05, 4.69) is 17.2 Å². The van der Waals surface area contributed by atoms with Crippen LogP contribution in [0.5, 0.6) is 5.75 Å². The number of pyridine rings is 1. The third-order valence-electron chi connectivity index (χ3n) is 2.73. The smallest absolute Gasteiger partial charge is 0.174 e. The van der Waals surface area contributed by atoms with Crippen molar-refractivity contribution in [2.45, 2.75) is 13.0 Å². The fourth-order valence-electron chi connectivity index (χ4n) is 1.73. The molecule has 4 heteroatoms. The van der Waals surface area contributed by atoms with Crippen LogP contribution >= 0.6 is 0 Å². The third-order valence-corrected chi connectivity index (χ3v) is 2.73. The summed E-state index contributed by atoms with van der Waals surface area (Å²) in [6, 6.07) is 13.6. The number of ether oxygens (including phenoxy) is 1. The van der Waals surface area contributed by atoms with Crippen LogP contribution in [0.2, 0.25) is 0 Å². The van der Waals surface area contributed by atoms with Crippen molar-refractivity contribution < 1.29 is 4.74 Å². The summed E-state index contributed by atoms with van der Waals surface area (Å²) >= 11 is 0. The number of hydrogen-bond acceptors (Lipinski definition) is 4. The fraction of sp³-hybridized carbons (Fsp3) is 0.200. The van der Waals surface area contributed by atoms with Gasteiger partial charge in [-0.3, -0.25) is 4.98 Å². The molecule has 0 amide bonds. The SMILES string of the molecule is CC(Nc1ccc(OCC#N)cc1)c1cccnc1. The Balaban J connectivity index is 1.98. The van der Waals surface area contributed by atoms with Crippen LogP contribution < -0.4 is 10.1 Å². The molecule has 0 saturated carbocycles. The van der Waals surface area contributed by atoms with Gasteiger partial charge in [-0.1, -0.05) is 6.07 Å². The van der Waals surface area contributed by atoms with E-state index in [-0.39, 0.29) is 12.6 Å². The molecule has 1 unspecified atom stereocenters. The van der Waals surface area contributed by atoms with E-state index in [1.165, 1.54) is 0 Å². The normalized spacial score (nSPS) is 11.4. The molecular weight excluding hydrogens is 238 g/mol. The fourth-order valence-corrected chi connectivity index (χ4v) is 1.73. The lowest BCUT2D eigenvalue weighted by Crippen LogP contribution is -2.06. The zero-order valence-corrected chi connectivity index (χ0v) is 10.7. The second kappa shape index (κ2) is 6.41. The molecule has 19 heavy (non-hydrogen) atoms. The van der Waals surface area contributed by atoms with Crippen molar-refractivity contribution in [3.63, 3.8) is 0 Å². The van der Waals surface area contributed by atoms with E-state index in [9.17, 15) is 0 Å². The lowest BCUT2D eigenvalue weighted by Gasteiger charge is -2.15. The van der Waals surface area contributed by atoms with Crippen molar-refractivity contribution >= 4 is 5.69 Å². The Morgan fingerprint density at radius 2 is 2.11 bits per heavy atom. The minimum absolute atomic E-state index is 0.0683. The maximum atomic E-state index is 8.43. The predicted octanol–water partition coefficient (Wildman–Crippen LogP) is 3.16. The van der Waals surface area contributed by atoms with Crippen LogP contribution in [-0.2, 0) is 0 Å². The molecule has 1 N–H and O–H groups in total. The van der Waals surface area contributed by atoms with Gasteiger partial charge in [0.25, 0.3) is 0 Å². The van der Waals surface area contributed by atoms with E-state index in [0.717, 1.165) is 11.3 Å². The summed E-state index contributed by atoms with van der Waals surface area (Å²) in [5.41, 5.74) is 2.13. The van der Waals surface area contributed by atoms with Crippen LogP contribution in [0, 0.1) is 11.3 Å². The maximum Gasteiger partial charge on any atom is 0.174 e. The van der Waals surface area contributed by atoms with Crippen LogP contribution in [0.4, 0.5) is 5.69 Å². The molecule has 1 aromatic carbocycles. The highest BCUT2D eigenvalue weighted by Crippen LogP contribution is 2.21. The van der Waals surface area contributed by atoms with Crippen LogP contribution in [0.25, 0.3) is 0 Å². The minimum Gasteiger partial charge on any atom is -0.479 e. The van der Waals surface area contributed by atoms with Gasteiger partial charge in [-0.25, -0.2) is 0 Å². The Morgan fingerprint density at radius 1 is 1.32 bits per heavy atom. The number of anilines is 1. The molecule has 0 aliphatic rings. The molecule has 0 fully saturated rings. The zero-order chi connectivity index (χ0) is 13.5. The van der Waals surface area contributed by atoms with Gasteiger partial charge in [0, 0.05) is 18.1 Å². The van der Waals surface area contributed by atoms with Crippen molar-refractivity contribution in [3.05, 3.63) is 54.4 Å². The molecular formula is C15H15N3O. The summed E-state index contributed by atoms with van der Waals surface area (Å²) in [4.78, 5) is 4.10. The van der Waals surface area contributed by atoms with E-state index in [0.29, 0.717) is 5.75 Å². The first-order valence-corrected chi connectivity index (χ1v) is 6.06. The second-order valence-corrected chi connectivity index (χ2v) is 4.12. The number of benzene rings is 1. The average molecular weight is 253 g/mol. The summed E-state index contributed by atoms with van der Waals surface area (Å²) in [5.74, 6) is 0.695. The molecule has 96 valence electrons. The highest BCUT2D eigenvalue weighted by Gasteiger charge is 2.04. The summed E-state index contributed by atoms with van der Waals surface area (Å²) in [7, 11) is 0. The molecule has 0 aliphatic heterocycles. The number of nitrogens with one attached hydrogen (secondary N) is 1. The molecule has 0 spiro atoms. The van der Waals surface area contributed by atoms with E-state index < -0.39 is 0 Å². The summed E-state index contributed by atoms with van der Waals surface area (Å²) in [6.07, 6.45) is 3.61.